The van der Waals surface area contributed by atoms with Crippen molar-refractivity contribution in [3.8, 4) is 11.3 Å². The summed E-state index contributed by atoms with van der Waals surface area (Å²) in [5, 5.41) is 2.99. The minimum Gasteiger partial charge on any atom is -0.455 e. The highest BCUT2D eigenvalue weighted by molar-refractivity contribution is 7.19. The van der Waals surface area contributed by atoms with Gasteiger partial charge in [-0.05, 0) is 67.5 Å². The van der Waals surface area contributed by atoms with Gasteiger partial charge in [-0.25, -0.2) is 0 Å². The topological polar surface area (TPSA) is 26.0 Å². The van der Waals surface area contributed by atoms with Gasteiger partial charge in [-0.15, -0.1) is 11.3 Å². The van der Waals surface area contributed by atoms with E-state index in [9.17, 15) is 0 Å². The molecule has 5 rings (SSSR count). The van der Waals surface area contributed by atoms with E-state index in [4.69, 9.17) is 12.6 Å². The van der Waals surface area contributed by atoms with Crippen molar-refractivity contribution in [2.75, 3.05) is 0 Å². The first-order valence-electron chi connectivity index (χ1n) is 10.9. The predicted octanol–water partition coefficient (Wildman–Crippen LogP) is 6.79. The number of aromatic nitrogens is 1. The molecular weight excluding hydrogens is 326 g/mol. The van der Waals surface area contributed by atoms with Gasteiger partial charge >= 0.3 is 0 Å². The van der Waals surface area contributed by atoms with Crippen molar-refractivity contribution >= 4 is 43.4 Å². The zero-order valence-corrected chi connectivity index (χ0v) is 14.2. The Kier molecular flexibility index (Phi) is 2.01. The molecule has 0 saturated carbocycles. The van der Waals surface area contributed by atoms with Crippen LogP contribution in [0.1, 0.15) is 24.2 Å². The van der Waals surface area contributed by atoms with E-state index in [1.165, 1.54) is 15.6 Å². The van der Waals surface area contributed by atoms with Crippen molar-refractivity contribution in [3.05, 3.63) is 64.7 Å². The van der Waals surface area contributed by atoms with Crippen LogP contribution in [0.3, 0.4) is 0 Å². The van der Waals surface area contributed by atoms with Gasteiger partial charge in [0.05, 0.1) is 5.69 Å². The summed E-state index contributed by atoms with van der Waals surface area (Å²) in [6.07, 6.45) is 1.14. The zero-order chi connectivity index (χ0) is 22.1. The molecule has 2 nitrogen and oxygen atoms in total. The summed E-state index contributed by atoms with van der Waals surface area (Å²) in [4.78, 5) is 5.52. The van der Waals surface area contributed by atoms with E-state index in [1.807, 2.05) is 18.2 Å². The molecule has 3 heterocycles. The van der Waals surface area contributed by atoms with Gasteiger partial charge in [0.1, 0.15) is 11.2 Å². The van der Waals surface area contributed by atoms with Crippen LogP contribution in [-0.4, -0.2) is 4.98 Å². The first-order chi connectivity index (χ1) is 14.5. The number of fused-ring (bicyclic) bond motifs is 4. The van der Waals surface area contributed by atoms with Crippen molar-refractivity contribution in [1.29, 1.82) is 0 Å². The molecule has 3 heteroatoms. The van der Waals surface area contributed by atoms with Crippen LogP contribution in [0.4, 0.5) is 0 Å². The summed E-state index contributed by atoms with van der Waals surface area (Å²) in [5.41, 5.74) is 1.84. The fourth-order valence-corrected chi connectivity index (χ4v) is 4.21. The average molecular weight is 349 g/mol. The second-order valence-corrected chi connectivity index (χ2v) is 7.43. The summed E-state index contributed by atoms with van der Waals surface area (Å²) < 4.78 is 53.8. The van der Waals surface area contributed by atoms with Gasteiger partial charge < -0.3 is 4.42 Å². The predicted molar refractivity (Wildman–Crippen MR) is 107 cm³/mol. The fourth-order valence-electron chi connectivity index (χ4n) is 3.27. The Bertz CT molecular complexity index is 1480. The van der Waals surface area contributed by atoms with Gasteiger partial charge in [0.15, 0.2) is 0 Å². The Morgan fingerprint density at radius 3 is 2.84 bits per heavy atom. The van der Waals surface area contributed by atoms with Gasteiger partial charge in [-0.3, -0.25) is 4.98 Å². The summed E-state index contributed by atoms with van der Waals surface area (Å²) in [7, 11) is 0. The summed E-state index contributed by atoms with van der Waals surface area (Å²) in [5.74, 6) is 0. The van der Waals surface area contributed by atoms with Gasteiger partial charge in [-0.1, -0.05) is 12.1 Å². The number of benzene rings is 2. The van der Waals surface area contributed by atoms with Crippen LogP contribution >= 0.6 is 11.3 Å². The maximum atomic E-state index is 7.82. The summed E-state index contributed by atoms with van der Waals surface area (Å²) in [6.45, 7) is -3.07. The average Bonchev–Trinajstić information content (AvgIpc) is 3.22. The van der Waals surface area contributed by atoms with Crippen molar-refractivity contribution < 1.29 is 12.6 Å². The van der Waals surface area contributed by atoms with Gasteiger partial charge in [0.2, 0.25) is 0 Å². The molecule has 0 radical (unpaired) electrons. The Morgan fingerprint density at radius 2 is 1.96 bits per heavy atom. The Hall–Kier alpha value is -2.65. The van der Waals surface area contributed by atoms with E-state index in [-0.39, 0.29) is 11.1 Å². The number of pyridine rings is 1. The van der Waals surface area contributed by atoms with E-state index in [0.717, 1.165) is 27.9 Å². The van der Waals surface area contributed by atoms with Crippen LogP contribution in [0.25, 0.3) is 43.3 Å². The SMILES string of the molecule is [2H]C([2H])([2H])c1cnc(-c2cccc3c2oc2cc4cc(C)sc4cc23)cc1C([2H])([2H])[2H]. The van der Waals surface area contributed by atoms with E-state index in [1.54, 1.807) is 17.4 Å². The van der Waals surface area contributed by atoms with E-state index >= 15 is 0 Å². The lowest BCUT2D eigenvalue weighted by Gasteiger charge is -2.05. The molecule has 0 bridgehead atoms. The molecule has 122 valence electrons. The Balaban J connectivity index is 1.77. The van der Waals surface area contributed by atoms with Crippen LogP contribution in [0.5, 0.6) is 0 Å². The lowest BCUT2D eigenvalue weighted by molar-refractivity contribution is 0.670. The van der Waals surface area contributed by atoms with Crippen LogP contribution in [0.2, 0.25) is 0 Å². The number of rotatable bonds is 1. The number of para-hydroxylation sites is 1. The third kappa shape index (κ3) is 2.19. The summed E-state index contributed by atoms with van der Waals surface area (Å²) in [6, 6.07) is 13.2. The van der Waals surface area contributed by atoms with Crippen molar-refractivity contribution in [2.24, 2.45) is 0 Å². The molecular formula is C22H17NOS. The molecule has 0 unspecified atom stereocenters. The largest absolute Gasteiger partial charge is 0.455 e. The van der Waals surface area contributed by atoms with Gasteiger partial charge in [0.25, 0.3) is 0 Å². The van der Waals surface area contributed by atoms with Gasteiger partial charge in [-0.2, -0.15) is 0 Å². The number of nitrogens with zero attached hydrogens (tertiary/aromatic N) is 1. The lowest BCUT2D eigenvalue weighted by Crippen LogP contribution is -1.88. The molecule has 0 fully saturated rings. The van der Waals surface area contributed by atoms with Crippen LogP contribution < -0.4 is 0 Å². The van der Waals surface area contributed by atoms with E-state index < -0.39 is 13.7 Å². The Morgan fingerprint density at radius 1 is 1.04 bits per heavy atom. The van der Waals surface area contributed by atoms with Crippen LogP contribution in [0.15, 0.2) is 53.1 Å². The second-order valence-electron chi connectivity index (χ2n) is 6.14. The van der Waals surface area contributed by atoms with Crippen LogP contribution in [-0.2, 0) is 0 Å². The smallest absolute Gasteiger partial charge is 0.144 e. The number of aryl methyl sites for hydroxylation is 3. The number of hydrogen-bond acceptors (Lipinski definition) is 3. The number of furan rings is 1. The molecule has 0 atom stereocenters. The highest BCUT2D eigenvalue weighted by Gasteiger charge is 2.14. The second kappa shape index (κ2) is 5.17. The minimum absolute atomic E-state index is 0.221. The molecule has 0 aliphatic rings. The standard InChI is InChI=1S/C22H17NOS/c1-12-7-19(23-11-13(12)2)17-6-4-5-16-18-10-21-15(8-14(3)25-21)9-20(18)24-22(16)17/h4-11H,1-3H3/i1D3,2D3. The summed E-state index contributed by atoms with van der Waals surface area (Å²) >= 11 is 1.72. The minimum atomic E-state index is -2.58. The quantitative estimate of drug-likeness (QED) is 0.333. The highest BCUT2D eigenvalue weighted by atomic mass is 32.1. The van der Waals surface area contributed by atoms with Crippen molar-refractivity contribution in [1.82, 2.24) is 4.98 Å². The number of hydrogen-bond donors (Lipinski definition) is 0. The lowest BCUT2D eigenvalue weighted by atomic mass is 10.0. The van der Waals surface area contributed by atoms with E-state index in [2.05, 4.69) is 24.0 Å². The third-order valence-corrected chi connectivity index (χ3v) is 5.45. The monoisotopic (exact) mass is 349 g/mol. The van der Waals surface area contributed by atoms with E-state index in [0.29, 0.717) is 16.8 Å². The molecule has 5 aromatic rings. The molecule has 0 saturated heterocycles. The zero-order valence-electron chi connectivity index (χ0n) is 19.4. The number of thiophene rings is 1. The molecule has 3 aromatic heterocycles. The molecule has 0 aliphatic carbocycles. The molecule has 2 aromatic carbocycles. The molecule has 0 aliphatic heterocycles. The Labute approximate surface area is 158 Å². The molecule has 0 spiro atoms. The van der Waals surface area contributed by atoms with Crippen molar-refractivity contribution in [3.63, 3.8) is 0 Å². The highest BCUT2D eigenvalue weighted by Crippen LogP contribution is 2.38. The van der Waals surface area contributed by atoms with Crippen LogP contribution in [0, 0.1) is 20.6 Å². The third-order valence-electron chi connectivity index (χ3n) is 4.44. The van der Waals surface area contributed by atoms with Gasteiger partial charge in [0, 0.05) is 40.3 Å². The first-order valence-corrected chi connectivity index (χ1v) is 8.71. The van der Waals surface area contributed by atoms with Crippen molar-refractivity contribution in [2.45, 2.75) is 20.6 Å². The maximum absolute atomic E-state index is 7.82. The fraction of sp³-hybridized carbons (Fsp3) is 0.136. The normalized spacial score (nSPS) is 16.4. The molecule has 25 heavy (non-hydrogen) atoms. The maximum Gasteiger partial charge on any atom is 0.144 e. The first kappa shape index (κ1) is 9.73. The molecule has 0 amide bonds. The molecule has 0 N–H and O–H groups in total.